The lowest BCUT2D eigenvalue weighted by atomic mass is 10.0. The molecule has 0 spiro atoms. The van der Waals surface area contributed by atoms with Gasteiger partial charge < -0.3 is 30.3 Å². The summed E-state index contributed by atoms with van der Waals surface area (Å²) < 4.78 is 5.52. The number of anilines is 2. The smallest absolute Gasteiger partial charge is 0.323 e. The maximum absolute atomic E-state index is 13.8. The Morgan fingerprint density at radius 2 is 1.60 bits per heavy atom. The van der Waals surface area contributed by atoms with Crippen LogP contribution >= 0.6 is 0 Å². The molecule has 0 bridgehead atoms. The maximum Gasteiger partial charge on any atom is 0.323 e. The molecule has 3 N–H and O–H groups in total. The van der Waals surface area contributed by atoms with Crippen molar-refractivity contribution in [1.82, 2.24) is 14.7 Å². The van der Waals surface area contributed by atoms with Crippen molar-refractivity contribution in [3.8, 4) is 5.75 Å². The Balaban J connectivity index is 1.28. The molecule has 1 atom stereocenters. The number of methoxy groups -OCH3 is 1. The first-order valence-corrected chi connectivity index (χ1v) is 14.1. The van der Waals surface area contributed by atoms with Gasteiger partial charge in [0.05, 0.1) is 25.8 Å². The zero-order valence-electron chi connectivity index (χ0n) is 24.2. The molecule has 43 heavy (non-hydrogen) atoms. The average Bonchev–Trinajstić information content (AvgIpc) is 3.39. The van der Waals surface area contributed by atoms with Gasteiger partial charge in [-0.1, -0.05) is 48.5 Å². The number of carboxylic acids is 1. The third-order valence-corrected chi connectivity index (χ3v) is 7.86. The molecule has 4 amide bonds. The minimum atomic E-state index is -0.896. The molecule has 5 rings (SSSR count). The molecule has 1 unspecified atom stereocenters. The molecule has 1 fully saturated rings. The van der Waals surface area contributed by atoms with E-state index in [4.69, 9.17) is 9.84 Å². The number of carbonyl (C=O) groups excluding carboxylic acids is 3. The van der Waals surface area contributed by atoms with Crippen molar-refractivity contribution in [3.05, 3.63) is 89.0 Å². The normalized spacial score (nSPS) is 16.4. The fourth-order valence-electron chi connectivity index (χ4n) is 5.59. The summed E-state index contributed by atoms with van der Waals surface area (Å²) in [7, 11) is 1.49. The van der Waals surface area contributed by atoms with E-state index in [0.29, 0.717) is 55.4 Å². The number of rotatable bonds is 8. The fourth-order valence-corrected chi connectivity index (χ4v) is 5.59. The number of nitrogens with one attached hydrogen (secondary N) is 2. The predicted molar refractivity (Wildman–Crippen MR) is 161 cm³/mol. The summed E-state index contributed by atoms with van der Waals surface area (Å²) in [6.07, 6.45) is 0.0379. The summed E-state index contributed by atoms with van der Waals surface area (Å²) in [4.78, 5) is 56.4. The van der Waals surface area contributed by atoms with Crippen LogP contribution in [0.15, 0.2) is 66.7 Å². The summed E-state index contributed by atoms with van der Waals surface area (Å²) in [6, 6.07) is 19.0. The molecular formula is C32H35N5O6. The summed E-state index contributed by atoms with van der Waals surface area (Å²) in [5.74, 6) is -0.863. The zero-order chi connectivity index (χ0) is 30.5. The molecule has 0 radical (unpaired) electrons. The zero-order valence-corrected chi connectivity index (χ0v) is 24.2. The van der Waals surface area contributed by atoms with Crippen molar-refractivity contribution in [2.45, 2.75) is 25.9 Å². The SMILES string of the molecule is COc1cc(CC(=O)N2Cc3ccccc3C2C(=O)N2CCN(CC(=O)O)CC2)ccc1NC(=O)Nc1ccccc1C. The lowest BCUT2D eigenvalue weighted by Gasteiger charge is -2.37. The van der Waals surface area contributed by atoms with Gasteiger partial charge in [0.25, 0.3) is 0 Å². The van der Waals surface area contributed by atoms with Gasteiger partial charge >= 0.3 is 12.0 Å². The van der Waals surface area contributed by atoms with Crippen molar-refractivity contribution in [2.75, 3.05) is 50.5 Å². The number of para-hydroxylation sites is 1. The molecule has 1 saturated heterocycles. The molecule has 11 heteroatoms. The molecule has 11 nitrogen and oxygen atoms in total. The predicted octanol–water partition coefficient (Wildman–Crippen LogP) is 3.50. The Kier molecular flexibility index (Phi) is 8.91. The van der Waals surface area contributed by atoms with Gasteiger partial charge in [-0.05, 0) is 47.4 Å². The van der Waals surface area contributed by atoms with E-state index in [1.807, 2.05) is 55.5 Å². The third-order valence-electron chi connectivity index (χ3n) is 7.86. The van der Waals surface area contributed by atoms with Gasteiger partial charge in [0.15, 0.2) is 0 Å². The maximum atomic E-state index is 13.8. The molecule has 2 aliphatic heterocycles. The second-order valence-corrected chi connectivity index (χ2v) is 10.7. The van der Waals surface area contributed by atoms with Crippen LogP contribution in [0.2, 0.25) is 0 Å². The number of piperazine rings is 1. The molecular weight excluding hydrogens is 550 g/mol. The number of carbonyl (C=O) groups is 4. The first kappa shape index (κ1) is 29.6. The van der Waals surface area contributed by atoms with Crippen LogP contribution in [0.5, 0.6) is 5.75 Å². The van der Waals surface area contributed by atoms with Gasteiger partial charge in [-0.2, -0.15) is 0 Å². The van der Waals surface area contributed by atoms with E-state index in [1.165, 1.54) is 7.11 Å². The molecule has 0 saturated carbocycles. The van der Waals surface area contributed by atoms with Gasteiger partial charge in [-0.3, -0.25) is 19.3 Å². The summed E-state index contributed by atoms with van der Waals surface area (Å²) in [6.45, 7) is 3.88. The number of benzene rings is 3. The first-order chi connectivity index (χ1) is 20.7. The van der Waals surface area contributed by atoms with Gasteiger partial charge in [0.2, 0.25) is 11.8 Å². The van der Waals surface area contributed by atoms with E-state index in [2.05, 4.69) is 10.6 Å². The number of carboxylic acid groups (broad SMARTS) is 1. The van der Waals surface area contributed by atoms with E-state index in [-0.39, 0.29) is 24.8 Å². The number of amides is 4. The minimum Gasteiger partial charge on any atom is -0.495 e. The van der Waals surface area contributed by atoms with Crippen LogP contribution in [0.4, 0.5) is 16.2 Å². The Hall–Kier alpha value is -4.90. The van der Waals surface area contributed by atoms with Gasteiger partial charge in [0, 0.05) is 38.4 Å². The van der Waals surface area contributed by atoms with Gasteiger partial charge in [0.1, 0.15) is 11.8 Å². The number of aliphatic carboxylic acids is 1. The minimum absolute atomic E-state index is 0.0379. The molecule has 0 aromatic heterocycles. The van der Waals surface area contributed by atoms with Crippen LogP contribution in [0, 0.1) is 6.92 Å². The summed E-state index contributed by atoms with van der Waals surface area (Å²) in [5.41, 5.74) is 4.49. The second kappa shape index (κ2) is 13.0. The Labute approximate surface area is 250 Å². The molecule has 3 aromatic carbocycles. The lowest BCUT2D eigenvalue weighted by molar-refractivity contribution is -0.147. The number of nitrogens with zero attached hydrogens (tertiary/aromatic N) is 3. The van der Waals surface area contributed by atoms with E-state index >= 15 is 0 Å². The number of hydrogen-bond acceptors (Lipinski definition) is 6. The summed E-state index contributed by atoms with van der Waals surface area (Å²) >= 11 is 0. The lowest BCUT2D eigenvalue weighted by Crippen LogP contribution is -2.52. The van der Waals surface area contributed by atoms with Crippen LogP contribution in [-0.4, -0.2) is 83.5 Å². The highest BCUT2D eigenvalue weighted by Crippen LogP contribution is 2.36. The van der Waals surface area contributed by atoms with Crippen LogP contribution in [-0.2, 0) is 27.3 Å². The van der Waals surface area contributed by atoms with Crippen LogP contribution in [0.1, 0.15) is 28.3 Å². The number of ether oxygens (including phenoxy) is 1. The largest absolute Gasteiger partial charge is 0.495 e. The summed E-state index contributed by atoms with van der Waals surface area (Å²) in [5, 5.41) is 14.7. The molecule has 224 valence electrons. The van der Waals surface area contributed by atoms with Crippen molar-refractivity contribution >= 4 is 35.2 Å². The molecule has 0 aliphatic carbocycles. The standard InChI is InChI=1S/C32H35N5O6/c1-21-7-3-6-10-25(21)33-32(42)34-26-12-11-22(17-27(26)43-2)18-28(38)37-19-23-8-4-5-9-24(23)30(37)31(41)36-15-13-35(14-16-36)20-29(39)40/h3-12,17,30H,13-16,18-20H2,1-2H3,(H,39,40)(H2,33,34,42). The number of urea groups is 1. The van der Waals surface area contributed by atoms with Crippen molar-refractivity contribution in [1.29, 1.82) is 0 Å². The van der Waals surface area contributed by atoms with Crippen molar-refractivity contribution < 1.29 is 29.0 Å². The topological polar surface area (TPSA) is 132 Å². The number of fused-ring (bicyclic) bond motifs is 1. The van der Waals surface area contributed by atoms with Crippen LogP contribution in [0.25, 0.3) is 0 Å². The Morgan fingerprint density at radius 3 is 2.33 bits per heavy atom. The van der Waals surface area contributed by atoms with E-state index in [0.717, 1.165) is 16.7 Å². The fraction of sp³-hybridized carbons (Fsp3) is 0.312. The number of aryl methyl sites for hydroxylation is 1. The highest BCUT2D eigenvalue weighted by molar-refractivity contribution is 6.01. The third kappa shape index (κ3) is 6.78. The Bertz CT molecular complexity index is 1530. The van der Waals surface area contributed by atoms with Crippen LogP contribution < -0.4 is 15.4 Å². The highest BCUT2D eigenvalue weighted by atomic mass is 16.5. The number of hydrogen-bond donors (Lipinski definition) is 3. The Morgan fingerprint density at radius 1 is 0.907 bits per heavy atom. The quantitative estimate of drug-likeness (QED) is 0.369. The van der Waals surface area contributed by atoms with E-state index < -0.39 is 18.0 Å². The monoisotopic (exact) mass is 585 g/mol. The molecule has 2 aliphatic rings. The molecule has 3 aromatic rings. The molecule has 2 heterocycles. The highest BCUT2D eigenvalue weighted by Gasteiger charge is 2.40. The van der Waals surface area contributed by atoms with Gasteiger partial charge in [-0.25, -0.2) is 4.79 Å². The first-order valence-electron chi connectivity index (χ1n) is 14.1. The van der Waals surface area contributed by atoms with Gasteiger partial charge in [-0.15, -0.1) is 0 Å². The van der Waals surface area contributed by atoms with E-state index in [1.54, 1.807) is 32.9 Å². The average molecular weight is 586 g/mol. The van der Waals surface area contributed by atoms with Crippen molar-refractivity contribution in [3.63, 3.8) is 0 Å². The van der Waals surface area contributed by atoms with Crippen molar-refractivity contribution in [2.24, 2.45) is 0 Å². The van der Waals surface area contributed by atoms with E-state index in [9.17, 15) is 19.2 Å². The second-order valence-electron chi connectivity index (χ2n) is 10.7. The van der Waals surface area contributed by atoms with Crippen LogP contribution in [0.3, 0.4) is 0 Å².